The van der Waals surface area contributed by atoms with E-state index in [1.165, 1.54) is 13.3 Å². The molecule has 0 unspecified atom stereocenters. The first-order chi connectivity index (χ1) is 15.6. The molecule has 0 bridgehead atoms. The molecule has 0 radical (unpaired) electrons. The molecule has 0 aliphatic carbocycles. The number of benzene rings is 2. The van der Waals surface area contributed by atoms with Crippen LogP contribution >= 0.6 is 23.2 Å². The molecular formula is C23H23Cl2N3O4. The summed E-state index contributed by atoms with van der Waals surface area (Å²) < 4.78 is 21.3. The van der Waals surface area contributed by atoms with Crippen LogP contribution in [0.25, 0.3) is 0 Å². The van der Waals surface area contributed by atoms with Crippen LogP contribution in [-0.2, 0) is 13.1 Å². The van der Waals surface area contributed by atoms with Crippen molar-refractivity contribution in [2.75, 3.05) is 26.2 Å². The second kappa shape index (κ2) is 11.5. The van der Waals surface area contributed by atoms with E-state index in [1.54, 1.807) is 14.2 Å². The number of halogens is 2. The average molecular weight is 476 g/mol. The van der Waals surface area contributed by atoms with E-state index >= 15 is 0 Å². The fraction of sp³-hybridized carbons (Fsp3) is 0.217. The maximum absolute atomic E-state index is 5.86. The zero-order valence-electron chi connectivity index (χ0n) is 17.9. The monoisotopic (exact) mass is 475 g/mol. The van der Waals surface area contributed by atoms with Crippen LogP contribution < -0.4 is 23.8 Å². The Morgan fingerprint density at radius 3 is 1.84 bits per heavy atom. The Balaban J connectivity index is 1.92. The minimum atomic E-state index is -0.0189. The van der Waals surface area contributed by atoms with E-state index in [9.17, 15) is 0 Å². The fourth-order valence-electron chi connectivity index (χ4n) is 2.94. The van der Waals surface area contributed by atoms with Crippen molar-refractivity contribution in [3.63, 3.8) is 0 Å². The summed E-state index contributed by atoms with van der Waals surface area (Å²) in [6, 6.07) is 15.7. The molecule has 3 rings (SSSR count). The number of nitrogens with zero attached hydrogens (tertiary/aromatic N) is 3. The third-order valence-corrected chi connectivity index (χ3v) is 5.04. The summed E-state index contributed by atoms with van der Waals surface area (Å²) in [6.07, 6.45) is 1.50. The van der Waals surface area contributed by atoms with Gasteiger partial charge in [0, 0.05) is 13.1 Å². The maximum Gasteiger partial charge on any atom is 0.262 e. The van der Waals surface area contributed by atoms with Crippen molar-refractivity contribution < 1.29 is 18.9 Å². The number of anilines is 1. The first-order valence-electron chi connectivity index (χ1n) is 9.61. The Kier molecular flexibility index (Phi) is 8.41. The van der Waals surface area contributed by atoms with Crippen molar-refractivity contribution in [1.29, 1.82) is 0 Å². The van der Waals surface area contributed by atoms with E-state index in [1.807, 2.05) is 53.4 Å². The number of ether oxygens (including phenoxy) is 4. The SMILES string of the molecule is COc1ccc(CN(Cc2ccc(OC)cc2)c2ncc(O/C(Cl)=C/Cl)c(OC)n2)cc1. The first-order valence-corrected chi connectivity index (χ1v) is 10.4. The quantitative estimate of drug-likeness (QED) is 0.365. The van der Waals surface area contributed by atoms with Crippen molar-refractivity contribution >= 4 is 29.2 Å². The van der Waals surface area contributed by atoms with Crippen LogP contribution in [0, 0.1) is 0 Å². The Morgan fingerprint density at radius 1 is 0.875 bits per heavy atom. The molecule has 168 valence electrons. The van der Waals surface area contributed by atoms with Crippen molar-refractivity contribution in [2.24, 2.45) is 0 Å². The maximum atomic E-state index is 5.86. The van der Waals surface area contributed by atoms with Gasteiger partial charge in [0.1, 0.15) is 11.5 Å². The lowest BCUT2D eigenvalue weighted by molar-refractivity contribution is 0.357. The number of hydrogen-bond donors (Lipinski definition) is 0. The molecule has 0 N–H and O–H groups in total. The van der Waals surface area contributed by atoms with Gasteiger partial charge in [-0.15, -0.1) is 0 Å². The normalized spacial score (nSPS) is 11.1. The van der Waals surface area contributed by atoms with Gasteiger partial charge in [0.15, 0.2) is 0 Å². The number of rotatable bonds is 10. The van der Waals surface area contributed by atoms with E-state index in [0.29, 0.717) is 19.0 Å². The molecule has 3 aromatic rings. The van der Waals surface area contributed by atoms with Crippen molar-refractivity contribution in [3.8, 4) is 23.1 Å². The second-order valence-electron chi connectivity index (χ2n) is 6.61. The first kappa shape index (κ1) is 23.5. The highest BCUT2D eigenvalue weighted by atomic mass is 35.5. The van der Waals surface area contributed by atoms with Crippen LogP contribution in [0.1, 0.15) is 11.1 Å². The van der Waals surface area contributed by atoms with Gasteiger partial charge in [0.25, 0.3) is 5.88 Å². The molecule has 1 aromatic heterocycles. The highest BCUT2D eigenvalue weighted by Gasteiger charge is 2.17. The Bertz CT molecular complexity index is 995. The lowest BCUT2D eigenvalue weighted by Crippen LogP contribution is -2.24. The second-order valence-corrected chi connectivity index (χ2v) is 7.20. The number of hydrogen-bond acceptors (Lipinski definition) is 7. The van der Waals surface area contributed by atoms with E-state index in [0.717, 1.165) is 28.2 Å². The van der Waals surface area contributed by atoms with Gasteiger partial charge in [-0.05, 0) is 47.0 Å². The van der Waals surface area contributed by atoms with Crippen LogP contribution in [0.2, 0.25) is 0 Å². The van der Waals surface area contributed by atoms with E-state index in [4.69, 9.17) is 42.1 Å². The molecule has 0 aliphatic heterocycles. The summed E-state index contributed by atoms with van der Waals surface area (Å²) in [7, 11) is 4.77. The molecule has 9 heteroatoms. The molecule has 32 heavy (non-hydrogen) atoms. The summed E-state index contributed by atoms with van der Waals surface area (Å²) in [6.45, 7) is 1.11. The Labute approximate surface area is 197 Å². The van der Waals surface area contributed by atoms with Crippen LogP contribution in [0.4, 0.5) is 5.95 Å². The molecule has 2 aromatic carbocycles. The summed E-state index contributed by atoms with van der Waals surface area (Å²) in [4.78, 5) is 11.0. The summed E-state index contributed by atoms with van der Waals surface area (Å²) >= 11 is 11.4. The lowest BCUT2D eigenvalue weighted by atomic mass is 10.1. The zero-order chi connectivity index (χ0) is 22.9. The van der Waals surface area contributed by atoms with Gasteiger partial charge in [-0.1, -0.05) is 35.9 Å². The minimum Gasteiger partial charge on any atom is -0.497 e. The smallest absolute Gasteiger partial charge is 0.262 e. The summed E-state index contributed by atoms with van der Waals surface area (Å²) in [5, 5.41) is -0.0189. The molecule has 0 atom stereocenters. The van der Waals surface area contributed by atoms with E-state index in [-0.39, 0.29) is 16.8 Å². The molecular weight excluding hydrogens is 453 g/mol. The molecule has 0 fully saturated rings. The van der Waals surface area contributed by atoms with Crippen LogP contribution in [0.3, 0.4) is 0 Å². The van der Waals surface area contributed by atoms with Crippen LogP contribution in [0.5, 0.6) is 23.1 Å². The van der Waals surface area contributed by atoms with E-state index in [2.05, 4.69) is 9.97 Å². The molecule has 0 saturated heterocycles. The highest BCUT2D eigenvalue weighted by Crippen LogP contribution is 2.29. The summed E-state index contributed by atoms with van der Waals surface area (Å²) in [5.41, 5.74) is 3.24. The Hall–Kier alpha value is -3.16. The average Bonchev–Trinajstić information content (AvgIpc) is 2.84. The van der Waals surface area contributed by atoms with Crippen molar-refractivity contribution in [1.82, 2.24) is 9.97 Å². The molecule has 0 aliphatic rings. The predicted octanol–water partition coefficient (Wildman–Crippen LogP) is 5.36. The number of methoxy groups -OCH3 is 3. The molecule has 0 saturated carbocycles. The molecule has 7 nitrogen and oxygen atoms in total. The highest BCUT2D eigenvalue weighted by molar-refractivity contribution is 6.35. The molecule has 1 heterocycles. The third kappa shape index (κ3) is 6.18. The van der Waals surface area contributed by atoms with Crippen molar-refractivity contribution in [3.05, 3.63) is 76.6 Å². The van der Waals surface area contributed by atoms with Crippen molar-refractivity contribution in [2.45, 2.75) is 13.1 Å². The van der Waals surface area contributed by atoms with Gasteiger partial charge in [-0.25, -0.2) is 4.98 Å². The Morgan fingerprint density at radius 2 is 1.41 bits per heavy atom. The lowest BCUT2D eigenvalue weighted by Gasteiger charge is -2.24. The van der Waals surface area contributed by atoms with Gasteiger partial charge in [-0.2, -0.15) is 4.98 Å². The van der Waals surface area contributed by atoms with Gasteiger partial charge < -0.3 is 23.8 Å². The van der Waals surface area contributed by atoms with E-state index < -0.39 is 0 Å². The standard InChI is InChI=1S/C23H23Cl2N3O4/c1-29-18-8-4-16(5-9-18)14-28(15-17-6-10-19(30-2)11-7-17)23-26-13-20(22(27-23)31-3)32-21(25)12-24/h4-13H,14-15H2,1-3H3/b21-12+. The minimum absolute atomic E-state index is 0.0189. The largest absolute Gasteiger partial charge is 0.497 e. The predicted molar refractivity (Wildman–Crippen MR) is 125 cm³/mol. The topological polar surface area (TPSA) is 65.9 Å². The van der Waals surface area contributed by atoms with Crippen LogP contribution in [-0.4, -0.2) is 31.3 Å². The summed E-state index contributed by atoms with van der Waals surface area (Å²) in [5.74, 6) is 2.54. The third-order valence-electron chi connectivity index (χ3n) is 4.54. The molecule has 0 amide bonds. The zero-order valence-corrected chi connectivity index (χ0v) is 19.4. The van der Waals surface area contributed by atoms with Gasteiger partial charge in [0.2, 0.25) is 16.9 Å². The van der Waals surface area contributed by atoms with Gasteiger partial charge in [-0.3, -0.25) is 0 Å². The van der Waals surface area contributed by atoms with Gasteiger partial charge in [0.05, 0.1) is 33.1 Å². The van der Waals surface area contributed by atoms with Crippen LogP contribution in [0.15, 0.2) is 65.5 Å². The molecule has 0 spiro atoms. The fourth-order valence-corrected chi connectivity index (χ4v) is 3.07. The van der Waals surface area contributed by atoms with Gasteiger partial charge >= 0.3 is 0 Å². The number of aromatic nitrogens is 2.